The minimum atomic E-state index is -0.382. The third kappa shape index (κ3) is 5.90. The van der Waals surface area contributed by atoms with Crippen LogP contribution in [0.2, 0.25) is 0 Å². The number of halogens is 1. The Morgan fingerprint density at radius 3 is 2.33 bits per heavy atom. The van der Waals surface area contributed by atoms with Crippen LogP contribution < -0.4 is 10.6 Å². The SMILES string of the molecule is C[C@@H](NC(=O)[C@H](C1CCCC1)N1CCN(C(=O)Nc2cccc(F)c2)CC1)c1ccccc1. The first-order chi connectivity index (χ1) is 16.0. The van der Waals surface area contributed by atoms with Crippen LogP contribution in [0, 0.1) is 11.7 Å². The predicted molar refractivity (Wildman–Crippen MR) is 127 cm³/mol. The van der Waals surface area contributed by atoms with Gasteiger partial charge < -0.3 is 15.5 Å². The van der Waals surface area contributed by atoms with Crippen molar-refractivity contribution >= 4 is 17.6 Å². The summed E-state index contributed by atoms with van der Waals surface area (Å²) in [4.78, 5) is 30.0. The van der Waals surface area contributed by atoms with E-state index >= 15 is 0 Å². The Morgan fingerprint density at radius 1 is 0.970 bits per heavy atom. The summed E-state index contributed by atoms with van der Waals surface area (Å²) < 4.78 is 13.4. The number of hydrogen-bond acceptors (Lipinski definition) is 3. The van der Waals surface area contributed by atoms with E-state index in [0.29, 0.717) is 37.8 Å². The average Bonchev–Trinajstić information content (AvgIpc) is 3.34. The van der Waals surface area contributed by atoms with Gasteiger partial charge in [0.1, 0.15) is 5.82 Å². The molecule has 0 aromatic heterocycles. The van der Waals surface area contributed by atoms with Crippen LogP contribution in [0.3, 0.4) is 0 Å². The Labute approximate surface area is 195 Å². The van der Waals surface area contributed by atoms with Crippen LogP contribution in [-0.4, -0.2) is 54.0 Å². The van der Waals surface area contributed by atoms with Crippen LogP contribution >= 0.6 is 0 Å². The number of benzene rings is 2. The second-order valence-corrected chi connectivity index (χ2v) is 9.09. The van der Waals surface area contributed by atoms with Crippen LogP contribution in [0.1, 0.15) is 44.2 Å². The van der Waals surface area contributed by atoms with E-state index in [0.717, 1.165) is 18.4 Å². The zero-order chi connectivity index (χ0) is 23.2. The number of carbonyl (C=O) groups excluding carboxylic acids is 2. The number of piperazine rings is 1. The molecule has 2 fully saturated rings. The Morgan fingerprint density at radius 2 is 1.67 bits per heavy atom. The van der Waals surface area contributed by atoms with Crippen molar-refractivity contribution in [1.29, 1.82) is 0 Å². The minimum Gasteiger partial charge on any atom is -0.348 e. The van der Waals surface area contributed by atoms with Gasteiger partial charge in [-0.25, -0.2) is 9.18 Å². The maximum Gasteiger partial charge on any atom is 0.321 e. The summed E-state index contributed by atoms with van der Waals surface area (Å²) in [6, 6.07) is 15.5. The monoisotopic (exact) mass is 452 g/mol. The van der Waals surface area contributed by atoms with Crippen LogP contribution in [-0.2, 0) is 4.79 Å². The molecule has 176 valence electrons. The highest BCUT2D eigenvalue weighted by Crippen LogP contribution is 2.31. The van der Waals surface area contributed by atoms with Crippen molar-refractivity contribution in [2.45, 2.75) is 44.7 Å². The quantitative estimate of drug-likeness (QED) is 0.682. The van der Waals surface area contributed by atoms with E-state index in [1.54, 1.807) is 17.0 Å². The van der Waals surface area contributed by atoms with Crippen molar-refractivity contribution < 1.29 is 14.0 Å². The molecule has 3 amide bonds. The van der Waals surface area contributed by atoms with E-state index < -0.39 is 0 Å². The van der Waals surface area contributed by atoms with Crippen LogP contribution in [0.5, 0.6) is 0 Å². The zero-order valence-corrected chi connectivity index (χ0v) is 19.2. The summed E-state index contributed by atoms with van der Waals surface area (Å²) in [5.74, 6) is 0.0457. The summed E-state index contributed by atoms with van der Waals surface area (Å²) in [6.07, 6.45) is 4.47. The molecule has 1 saturated heterocycles. The molecule has 0 bridgehead atoms. The lowest BCUT2D eigenvalue weighted by Gasteiger charge is -2.41. The third-order valence-corrected chi connectivity index (χ3v) is 6.84. The van der Waals surface area contributed by atoms with Crippen LogP contribution in [0.25, 0.3) is 0 Å². The fraction of sp³-hybridized carbons (Fsp3) is 0.462. The van der Waals surface area contributed by atoms with Crippen molar-refractivity contribution in [3.05, 3.63) is 66.0 Å². The molecule has 1 saturated carbocycles. The molecule has 2 aliphatic rings. The van der Waals surface area contributed by atoms with E-state index in [-0.39, 0.29) is 29.8 Å². The van der Waals surface area contributed by atoms with Crippen molar-refractivity contribution in [2.75, 3.05) is 31.5 Å². The van der Waals surface area contributed by atoms with Crippen molar-refractivity contribution in [1.82, 2.24) is 15.1 Å². The Bertz CT molecular complexity index is 940. The topological polar surface area (TPSA) is 64.7 Å². The predicted octanol–water partition coefficient (Wildman–Crippen LogP) is 4.41. The molecule has 2 aromatic rings. The third-order valence-electron chi connectivity index (χ3n) is 6.84. The van der Waals surface area contributed by atoms with Gasteiger partial charge in [-0.3, -0.25) is 9.69 Å². The van der Waals surface area contributed by atoms with E-state index in [4.69, 9.17) is 0 Å². The molecule has 7 heteroatoms. The molecule has 0 radical (unpaired) electrons. The summed E-state index contributed by atoms with van der Waals surface area (Å²) in [6.45, 7) is 4.38. The average molecular weight is 453 g/mol. The lowest BCUT2D eigenvalue weighted by Crippen LogP contribution is -2.58. The molecule has 0 spiro atoms. The summed E-state index contributed by atoms with van der Waals surface area (Å²) in [5.41, 5.74) is 1.54. The molecule has 1 aliphatic carbocycles. The number of carbonyl (C=O) groups is 2. The molecule has 2 atom stereocenters. The molecular formula is C26H33FN4O2. The minimum absolute atomic E-state index is 0.0547. The van der Waals surface area contributed by atoms with Gasteiger partial charge in [-0.1, -0.05) is 49.2 Å². The highest BCUT2D eigenvalue weighted by Gasteiger charge is 2.37. The highest BCUT2D eigenvalue weighted by atomic mass is 19.1. The number of rotatable bonds is 6. The van der Waals surface area contributed by atoms with Crippen LogP contribution in [0.4, 0.5) is 14.9 Å². The van der Waals surface area contributed by atoms with Gasteiger partial charge >= 0.3 is 6.03 Å². The lowest BCUT2D eigenvalue weighted by molar-refractivity contribution is -0.129. The molecule has 2 N–H and O–H groups in total. The molecule has 4 rings (SSSR count). The summed E-state index contributed by atoms with van der Waals surface area (Å²) in [5, 5.41) is 6.00. The van der Waals surface area contributed by atoms with Gasteiger partial charge in [0, 0.05) is 31.9 Å². The largest absolute Gasteiger partial charge is 0.348 e. The van der Waals surface area contributed by atoms with E-state index in [1.807, 2.05) is 37.3 Å². The zero-order valence-electron chi connectivity index (χ0n) is 19.2. The molecule has 6 nitrogen and oxygen atoms in total. The van der Waals surface area contributed by atoms with Gasteiger partial charge in [-0.2, -0.15) is 0 Å². The van der Waals surface area contributed by atoms with Crippen molar-refractivity contribution in [2.24, 2.45) is 5.92 Å². The van der Waals surface area contributed by atoms with Crippen molar-refractivity contribution in [3.63, 3.8) is 0 Å². The molecular weight excluding hydrogens is 419 g/mol. The number of nitrogens with zero attached hydrogens (tertiary/aromatic N) is 2. The fourth-order valence-corrected chi connectivity index (χ4v) is 5.05. The van der Waals surface area contributed by atoms with Crippen LogP contribution in [0.15, 0.2) is 54.6 Å². The molecule has 2 aromatic carbocycles. The molecule has 1 heterocycles. The highest BCUT2D eigenvalue weighted by molar-refractivity contribution is 5.89. The van der Waals surface area contributed by atoms with Crippen molar-refractivity contribution in [3.8, 4) is 0 Å². The van der Waals surface area contributed by atoms with E-state index in [9.17, 15) is 14.0 Å². The van der Waals surface area contributed by atoms with Gasteiger partial charge in [-0.15, -0.1) is 0 Å². The lowest BCUT2D eigenvalue weighted by atomic mass is 9.94. The smallest absolute Gasteiger partial charge is 0.321 e. The number of anilines is 1. The number of hydrogen-bond donors (Lipinski definition) is 2. The Balaban J connectivity index is 1.37. The summed E-state index contributed by atoms with van der Waals surface area (Å²) >= 11 is 0. The van der Waals surface area contributed by atoms with Gasteiger partial charge in [0.2, 0.25) is 5.91 Å². The number of nitrogens with one attached hydrogen (secondary N) is 2. The second kappa shape index (κ2) is 10.8. The maximum absolute atomic E-state index is 13.4. The van der Waals surface area contributed by atoms with E-state index in [1.165, 1.54) is 25.0 Å². The van der Waals surface area contributed by atoms with Gasteiger partial charge in [-0.05, 0) is 49.4 Å². The first kappa shape index (κ1) is 23.2. The first-order valence-corrected chi connectivity index (χ1v) is 11.9. The first-order valence-electron chi connectivity index (χ1n) is 11.9. The summed E-state index contributed by atoms with van der Waals surface area (Å²) in [7, 11) is 0. The molecule has 1 aliphatic heterocycles. The number of urea groups is 1. The standard InChI is InChI=1S/C26H33FN4O2/c1-19(20-8-3-2-4-9-20)28-25(32)24(21-10-5-6-11-21)30-14-16-31(17-15-30)26(33)29-23-13-7-12-22(27)18-23/h2-4,7-9,12-13,18-19,21,24H,5-6,10-11,14-17H2,1H3,(H,28,32)(H,29,33)/t19-,24+/m1/s1. The molecule has 33 heavy (non-hydrogen) atoms. The maximum atomic E-state index is 13.4. The number of amides is 3. The van der Waals surface area contributed by atoms with Gasteiger partial charge in [0.05, 0.1) is 12.1 Å². The second-order valence-electron chi connectivity index (χ2n) is 9.09. The fourth-order valence-electron chi connectivity index (χ4n) is 5.05. The van der Waals surface area contributed by atoms with Gasteiger partial charge in [0.25, 0.3) is 0 Å². The van der Waals surface area contributed by atoms with Gasteiger partial charge in [0.15, 0.2) is 0 Å². The Kier molecular flexibility index (Phi) is 7.60. The Hall–Kier alpha value is -2.93. The normalized spacial score (nSPS) is 19.2. The van der Waals surface area contributed by atoms with E-state index in [2.05, 4.69) is 15.5 Å². The molecule has 0 unspecified atom stereocenters.